The minimum absolute atomic E-state index is 0. The second-order valence-electron chi connectivity index (χ2n) is 3.67. The summed E-state index contributed by atoms with van der Waals surface area (Å²) in [4.78, 5) is 15.3. The zero-order valence-electron chi connectivity index (χ0n) is 9.30. The van der Waals surface area contributed by atoms with E-state index in [1.54, 1.807) is 12.1 Å². The van der Waals surface area contributed by atoms with Gasteiger partial charge in [0.15, 0.2) is 23.1 Å². The van der Waals surface area contributed by atoms with Gasteiger partial charge in [-0.05, 0) is 19.1 Å². The summed E-state index contributed by atoms with van der Waals surface area (Å²) in [5.41, 5.74) is 0.901. The molecule has 1 N–H and O–H groups in total. The SMILES string of the molecule is C=C(C)C(=O)Oc1cc2ccccc2nc1O.[AlH3]. The van der Waals surface area contributed by atoms with Gasteiger partial charge in [-0.1, -0.05) is 24.8 Å². The molecule has 0 atom stereocenters. The van der Waals surface area contributed by atoms with Crippen molar-refractivity contribution in [1.82, 2.24) is 4.98 Å². The van der Waals surface area contributed by atoms with Crippen LogP contribution < -0.4 is 4.74 Å². The summed E-state index contributed by atoms with van der Waals surface area (Å²) < 4.78 is 4.96. The van der Waals surface area contributed by atoms with Crippen LogP contribution in [0, 0.1) is 0 Å². The summed E-state index contributed by atoms with van der Waals surface area (Å²) in [6.45, 7) is 5.00. The lowest BCUT2D eigenvalue weighted by Gasteiger charge is -2.06. The van der Waals surface area contributed by atoms with E-state index in [4.69, 9.17) is 4.74 Å². The Balaban J connectivity index is 0.00000162. The smallest absolute Gasteiger partial charge is 0.338 e. The first-order chi connectivity index (χ1) is 8.08. The highest BCUT2D eigenvalue weighted by Crippen LogP contribution is 2.28. The first kappa shape index (κ1) is 14.2. The van der Waals surface area contributed by atoms with Crippen molar-refractivity contribution >= 4 is 34.2 Å². The van der Waals surface area contributed by atoms with Gasteiger partial charge >= 0.3 is 5.97 Å². The maximum Gasteiger partial charge on any atom is 0.338 e. The molecule has 1 aromatic carbocycles. The number of carbonyl (C=O) groups excluding carboxylic acids is 1. The summed E-state index contributed by atoms with van der Waals surface area (Å²) in [6.07, 6.45) is 0. The van der Waals surface area contributed by atoms with Crippen LogP contribution in [-0.2, 0) is 4.79 Å². The number of ether oxygens (including phenoxy) is 1. The number of esters is 1. The Kier molecular flexibility index (Phi) is 4.49. The highest BCUT2D eigenvalue weighted by Gasteiger charge is 2.11. The Bertz CT molecular complexity index is 610. The van der Waals surface area contributed by atoms with Crippen molar-refractivity contribution in [2.75, 3.05) is 0 Å². The predicted molar refractivity (Wildman–Crippen MR) is 73.8 cm³/mol. The average molecular weight is 259 g/mol. The van der Waals surface area contributed by atoms with Gasteiger partial charge in [0.05, 0.1) is 5.52 Å². The molecule has 2 aromatic rings. The number of hydrogen-bond acceptors (Lipinski definition) is 4. The van der Waals surface area contributed by atoms with E-state index in [1.807, 2.05) is 18.2 Å². The van der Waals surface area contributed by atoms with E-state index < -0.39 is 5.97 Å². The van der Waals surface area contributed by atoms with Crippen molar-refractivity contribution in [3.63, 3.8) is 0 Å². The van der Waals surface area contributed by atoms with Gasteiger partial charge in [0, 0.05) is 11.0 Å². The molecule has 0 spiro atoms. The molecular formula is C13H14AlNO3. The Morgan fingerprint density at radius 1 is 1.39 bits per heavy atom. The monoisotopic (exact) mass is 259 g/mol. The second-order valence-corrected chi connectivity index (χ2v) is 3.67. The van der Waals surface area contributed by atoms with Crippen LogP contribution >= 0.6 is 0 Å². The molecule has 0 unspecified atom stereocenters. The molecule has 92 valence electrons. The molecule has 4 nitrogen and oxygen atoms in total. The molecule has 0 aliphatic carbocycles. The molecule has 5 heteroatoms. The molecule has 1 heterocycles. The van der Waals surface area contributed by atoms with Crippen LogP contribution in [0.5, 0.6) is 11.6 Å². The maximum atomic E-state index is 11.3. The summed E-state index contributed by atoms with van der Waals surface area (Å²) in [5.74, 6) is -0.854. The normalized spacial score (nSPS) is 9.61. The molecule has 0 saturated heterocycles. The lowest BCUT2D eigenvalue weighted by Crippen LogP contribution is -2.08. The van der Waals surface area contributed by atoms with E-state index in [9.17, 15) is 9.90 Å². The van der Waals surface area contributed by atoms with Gasteiger partial charge in [-0.25, -0.2) is 9.78 Å². The van der Waals surface area contributed by atoms with Crippen LogP contribution in [-0.4, -0.2) is 33.4 Å². The van der Waals surface area contributed by atoms with E-state index in [2.05, 4.69) is 11.6 Å². The number of nitrogens with zero attached hydrogens (tertiary/aromatic N) is 1. The van der Waals surface area contributed by atoms with Crippen LogP contribution in [0.2, 0.25) is 0 Å². The standard InChI is InChI=1S/C13H11NO3.Al.3H/c1-8(2)13(16)17-11-7-9-5-3-4-6-10(9)14-12(11)15;;;;/h3-7H,1H2,2H3,(H,14,15);;;;. The number of aromatic hydroxyl groups is 1. The van der Waals surface area contributed by atoms with E-state index in [-0.39, 0.29) is 34.6 Å². The van der Waals surface area contributed by atoms with Crippen molar-refractivity contribution in [1.29, 1.82) is 0 Å². The number of pyridine rings is 1. The topological polar surface area (TPSA) is 59.4 Å². The summed E-state index contributed by atoms with van der Waals surface area (Å²) in [6, 6.07) is 8.80. The number of aromatic nitrogens is 1. The molecule has 2 rings (SSSR count). The van der Waals surface area contributed by atoms with Crippen molar-refractivity contribution in [3.8, 4) is 11.6 Å². The number of rotatable bonds is 2. The zero-order chi connectivity index (χ0) is 12.4. The minimum Gasteiger partial charge on any atom is -0.491 e. The van der Waals surface area contributed by atoms with Gasteiger partial charge in [0.1, 0.15) is 0 Å². The Morgan fingerprint density at radius 3 is 2.72 bits per heavy atom. The first-order valence-electron chi connectivity index (χ1n) is 5.04. The van der Waals surface area contributed by atoms with Gasteiger partial charge in [-0.2, -0.15) is 0 Å². The molecule has 0 fully saturated rings. The maximum absolute atomic E-state index is 11.3. The molecule has 0 saturated carbocycles. The third-order valence-electron chi connectivity index (χ3n) is 2.22. The predicted octanol–water partition coefficient (Wildman–Crippen LogP) is 1.24. The Hall–Kier alpha value is -1.83. The second kappa shape index (κ2) is 5.68. The number of para-hydroxylation sites is 1. The van der Waals surface area contributed by atoms with Gasteiger partial charge in [0.25, 0.3) is 5.88 Å². The molecule has 0 aliphatic heterocycles. The quantitative estimate of drug-likeness (QED) is 0.501. The van der Waals surface area contributed by atoms with Gasteiger partial charge < -0.3 is 9.84 Å². The van der Waals surface area contributed by atoms with Crippen LogP contribution in [0.15, 0.2) is 42.5 Å². The van der Waals surface area contributed by atoms with E-state index in [0.717, 1.165) is 5.39 Å². The van der Waals surface area contributed by atoms with Crippen molar-refractivity contribution < 1.29 is 14.6 Å². The fourth-order valence-electron chi connectivity index (χ4n) is 1.35. The largest absolute Gasteiger partial charge is 0.491 e. The lowest BCUT2D eigenvalue weighted by molar-refractivity contribution is -0.130. The third kappa shape index (κ3) is 2.89. The van der Waals surface area contributed by atoms with Crippen LogP contribution in [0.25, 0.3) is 10.9 Å². The fourth-order valence-corrected chi connectivity index (χ4v) is 1.35. The van der Waals surface area contributed by atoms with Gasteiger partial charge in [0.2, 0.25) is 0 Å². The van der Waals surface area contributed by atoms with Crippen molar-refractivity contribution in [3.05, 3.63) is 42.5 Å². The number of benzene rings is 1. The molecule has 1 aromatic heterocycles. The summed E-state index contributed by atoms with van der Waals surface area (Å²) >= 11 is 0. The molecule has 0 amide bonds. The molecular weight excluding hydrogens is 245 g/mol. The number of carbonyl (C=O) groups is 1. The number of fused-ring (bicyclic) bond motifs is 1. The van der Waals surface area contributed by atoms with Gasteiger partial charge in [-0.3, -0.25) is 0 Å². The fraction of sp³-hybridized carbons (Fsp3) is 0.0769. The highest BCUT2D eigenvalue weighted by atomic mass is 27.0. The summed E-state index contributed by atoms with van der Waals surface area (Å²) in [5, 5.41) is 10.4. The Labute approximate surface area is 115 Å². The zero-order valence-corrected chi connectivity index (χ0v) is 9.30. The van der Waals surface area contributed by atoms with E-state index in [0.29, 0.717) is 5.52 Å². The average Bonchev–Trinajstić information content (AvgIpc) is 2.29. The molecule has 0 radical (unpaired) electrons. The Morgan fingerprint density at radius 2 is 2.06 bits per heavy atom. The van der Waals surface area contributed by atoms with Crippen molar-refractivity contribution in [2.45, 2.75) is 6.92 Å². The van der Waals surface area contributed by atoms with E-state index in [1.165, 1.54) is 6.92 Å². The van der Waals surface area contributed by atoms with Crippen molar-refractivity contribution in [2.24, 2.45) is 0 Å². The van der Waals surface area contributed by atoms with Gasteiger partial charge in [-0.15, -0.1) is 0 Å². The molecule has 18 heavy (non-hydrogen) atoms. The first-order valence-corrected chi connectivity index (χ1v) is 5.04. The lowest BCUT2D eigenvalue weighted by atomic mass is 10.2. The van der Waals surface area contributed by atoms with Crippen LogP contribution in [0.1, 0.15) is 6.92 Å². The number of hydrogen-bond donors (Lipinski definition) is 1. The van der Waals surface area contributed by atoms with Crippen LogP contribution in [0.3, 0.4) is 0 Å². The van der Waals surface area contributed by atoms with E-state index >= 15 is 0 Å². The summed E-state index contributed by atoms with van der Waals surface area (Å²) in [7, 11) is 0. The molecule has 0 aliphatic rings. The molecule has 0 bridgehead atoms. The highest BCUT2D eigenvalue weighted by molar-refractivity contribution is 5.90. The third-order valence-corrected chi connectivity index (χ3v) is 2.22. The van der Waals surface area contributed by atoms with Crippen LogP contribution in [0.4, 0.5) is 0 Å². The minimum atomic E-state index is -0.586.